The number of ether oxygens (including phenoxy) is 1. The van der Waals surface area contributed by atoms with Crippen LogP contribution >= 0.6 is 0 Å². The Bertz CT molecular complexity index is 1340. The fraction of sp³-hybridized carbons (Fsp3) is 0.320. The van der Waals surface area contributed by atoms with E-state index in [-0.39, 0.29) is 16.2 Å². The molecular formula is C25H28N4O5S. The molecule has 3 aromatic rings. The Morgan fingerprint density at radius 1 is 0.914 bits per heavy atom. The lowest BCUT2D eigenvalue weighted by Gasteiger charge is -2.33. The van der Waals surface area contributed by atoms with Gasteiger partial charge in [0.15, 0.2) is 5.78 Å². The van der Waals surface area contributed by atoms with Crippen molar-refractivity contribution < 1.29 is 17.9 Å². The molecule has 0 atom stereocenters. The maximum Gasteiger partial charge on any atom is 0.266 e. The van der Waals surface area contributed by atoms with Crippen molar-refractivity contribution in [3.05, 3.63) is 76.6 Å². The molecule has 184 valence electrons. The minimum atomic E-state index is -3.62. The van der Waals surface area contributed by atoms with Gasteiger partial charge in [-0.25, -0.2) is 13.1 Å². The number of carbonyl (C=O) groups is 1. The van der Waals surface area contributed by atoms with Crippen molar-refractivity contribution in [3.8, 4) is 17.0 Å². The fourth-order valence-electron chi connectivity index (χ4n) is 3.97. The second-order valence-electron chi connectivity index (χ2n) is 8.33. The summed E-state index contributed by atoms with van der Waals surface area (Å²) in [6.07, 6.45) is 0. The summed E-state index contributed by atoms with van der Waals surface area (Å²) in [5, 5.41) is 4.50. The smallest absolute Gasteiger partial charge is 0.266 e. The van der Waals surface area contributed by atoms with E-state index in [9.17, 15) is 18.0 Å². The molecule has 0 amide bonds. The highest BCUT2D eigenvalue weighted by atomic mass is 32.2. The van der Waals surface area contributed by atoms with Gasteiger partial charge in [-0.3, -0.25) is 14.5 Å². The largest absolute Gasteiger partial charge is 0.497 e. The number of hydrogen-bond acceptors (Lipinski definition) is 7. The van der Waals surface area contributed by atoms with Crippen LogP contribution in [-0.4, -0.2) is 73.0 Å². The van der Waals surface area contributed by atoms with Gasteiger partial charge in [0, 0.05) is 49.9 Å². The third kappa shape index (κ3) is 5.67. The Morgan fingerprint density at radius 2 is 1.57 bits per heavy atom. The Balaban J connectivity index is 1.36. The molecule has 35 heavy (non-hydrogen) atoms. The Labute approximate surface area is 204 Å². The summed E-state index contributed by atoms with van der Waals surface area (Å²) >= 11 is 0. The van der Waals surface area contributed by atoms with Crippen LogP contribution in [-0.2, 0) is 16.6 Å². The van der Waals surface area contributed by atoms with E-state index in [0.717, 1.165) is 11.3 Å². The standard InChI is InChI=1S/C25H28N4O5S/c1-19(30)20-5-9-23(10-6-20)35(32,33)28-16-13-27(14-17-28)15-18-29-25(31)12-11-24(26-29)21-3-7-22(34-2)8-4-21/h3-12H,13-18H2,1-2H3. The van der Waals surface area contributed by atoms with Gasteiger partial charge < -0.3 is 4.74 Å². The number of carbonyl (C=O) groups excluding carboxylic acids is 1. The van der Waals surface area contributed by atoms with Gasteiger partial charge >= 0.3 is 0 Å². The minimum Gasteiger partial charge on any atom is -0.497 e. The monoisotopic (exact) mass is 496 g/mol. The number of hydrogen-bond donors (Lipinski definition) is 0. The lowest BCUT2D eigenvalue weighted by atomic mass is 10.1. The molecule has 1 fully saturated rings. The first-order valence-electron chi connectivity index (χ1n) is 11.3. The zero-order valence-electron chi connectivity index (χ0n) is 19.8. The van der Waals surface area contributed by atoms with Gasteiger partial charge in [-0.2, -0.15) is 9.40 Å². The maximum absolute atomic E-state index is 13.0. The molecule has 9 nitrogen and oxygen atoms in total. The first-order valence-corrected chi connectivity index (χ1v) is 12.8. The van der Waals surface area contributed by atoms with Crippen LogP contribution in [0.25, 0.3) is 11.3 Å². The molecule has 1 aromatic heterocycles. The molecule has 10 heteroatoms. The lowest BCUT2D eigenvalue weighted by molar-refractivity contribution is 0.101. The predicted octanol–water partition coefficient (Wildman–Crippen LogP) is 2.13. The van der Waals surface area contributed by atoms with Crippen molar-refractivity contribution in [3.63, 3.8) is 0 Å². The normalized spacial score (nSPS) is 15.1. The summed E-state index contributed by atoms with van der Waals surface area (Å²) in [6, 6.07) is 16.7. The molecule has 0 unspecified atom stereocenters. The van der Waals surface area contributed by atoms with Crippen molar-refractivity contribution in [1.82, 2.24) is 19.0 Å². The summed E-state index contributed by atoms with van der Waals surface area (Å²) in [5.41, 5.74) is 1.87. The molecule has 2 heterocycles. The van der Waals surface area contributed by atoms with Crippen molar-refractivity contribution in [2.45, 2.75) is 18.4 Å². The molecule has 0 aliphatic carbocycles. The SMILES string of the molecule is COc1ccc(-c2ccc(=O)n(CCN3CCN(S(=O)(=O)c4ccc(C(C)=O)cc4)CC3)n2)cc1. The Hall–Kier alpha value is -3.34. The van der Waals surface area contributed by atoms with E-state index in [1.165, 1.54) is 46.2 Å². The summed E-state index contributed by atoms with van der Waals surface area (Å²) in [7, 11) is -2.02. The molecule has 0 radical (unpaired) electrons. The maximum atomic E-state index is 13.0. The van der Waals surface area contributed by atoms with E-state index in [0.29, 0.717) is 50.5 Å². The molecule has 1 aliphatic heterocycles. The first kappa shape index (κ1) is 24.8. The number of nitrogens with zero attached hydrogens (tertiary/aromatic N) is 4. The van der Waals surface area contributed by atoms with Crippen molar-refractivity contribution in [2.24, 2.45) is 0 Å². The number of rotatable bonds is 8. The van der Waals surface area contributed by atoms with E-state index >= 15 is 0 Å². The average molecular weight is 497 g/mol. The van der Waals surface area contributed by atoms with E-state index < -0.39 is 10.0 Å². The number of piperazine rings is 1. The number of ketones is 1. The Morgan fingerprint density at radius 3 is 2.17 bits per heavy atom. The van der Waals surface area contributed by atoms with Gasteiger partial charge in [0.1, 0.15) is 5.75 Å². The molecule has 0 spiro atoms. The molecular weight excluding hydrogens is 468 g/mol. The van der Waals surface area contributed by atoms with Crippen molar-refractivity contribution in [1.29, 1.82) is 0 Å². The van der Waals surface area contributed by atoms with Crippen LogP contribution in [0.4, 0.5) is 0 Å². The van der Waals surface area contributed by atoms with E-state index in [2.05, 4.69) is 10.00 Å². The number of sulfonamides is 1. The number of Topliss-reactive ketones (excluding diaryl/α,β-unsaturated/α-hetero) is 1. The van der Waals surface area contributed by atoms with Gasteiger partial charge in [-0.05, 0) is 49.4 Å². The fourth-order valence-corrected chi connectivity index (χ4v) is 5.39. The van der Waals surface area contributed by atoms with Crippen LogP contribution in [0, 0.1) is 0 Å². The quantitative estimate of drug-likeness (QED) is 0.440. The molecule has 4 rings (SSSR count). The van der Waals surface area contributed by atoms with Crippen LogP contribution in [0.1, 0.15) is 17.3 Å². The van der Waals surface area contributed by atoms with Crippen LogP contribution in [0.2, 0.25) is 0 Å². The molecule has 2 aromatic carbocycles. The van der Waals surface area contributed by atoms with Crippen molar-refractivity contribution in [2.75, 3.05) is 39.8 Å². The van der Waals surface area contributed by atoms with Crippen molar-refractivity contribution >= 4 is 15.8 Å². The summed E-state index contributed by atoms with van der Waals surface area (Å²) in [5.74, 6) is 0.641. The average Bonchev–Trinajstić information content (AvgIpc) is 2.88. The zero-order chi connectivity index (χ0) is 25.0. The molecule has 1 saturated heterocycles. The van der Waals surface area contributed by atoms with Gasteiger partial charge in [0.05, 0.1) is 24.2 Å². The van der Waals surface area contributed by atoms with Gasteiger partial charge in [-0.15, -0.1) is 0 Å². The van der Waals surface area contributed by atoms with Crippen LogP contribution in [0.3, 0.4) is 0 Å². The molecule has 0 N–H and O–H groups in total. The number of aromatic nitrogens is 2. The highest BCUT2D eigenvalue weighted by Crippen LogP contribution is 2.20. The third-order valence-electron chi connectivity index (χ3n) is 6.11. The van der Waals surface area contributed by atoms with Crippen LogP contribution in [0.5, 0.6) is 5.75 Å². The van der Waals surface area contributed by atoms with E-state index in [1.54, 1.807) is 13.2 Å². The molecule has 0 saturated carbocycles. The van der Waals surface area contributed by atoms with Gasteiger partial charge in [0.25, 0.3) is 5.56 Å². The lowest BCUT2D eigenvalue weighted by Crippen LogP contribution is -2.49. The molecule has 0 bridgehead atoms. The number of methoxy groups -OCH3 is 1. The summed E-state index contributed by atoms with van der Waals surface area (Å²) in [6.45, 7) is 4.25. The van der Waals surface area contributed by atoms with E-state index in [1.807, 2.05) is 24.3 Å². The second kappa shape index (κ2) is 10.5. The topological polar surface area (TPSA) is 102 Å². The predicted molar refractivity (Wildman–Crippen MR) is 132 cm³/mol. The second-order valence-corrected chi connectivity index (χ2v) is 10.3. The Kier molecular flexibility index (Phi) is 7.44. The summed E-state index contributed by atoms with van der Waals surface area (Å²) < 4.78 is 34.0. The van der Waals surface area contributed by atoms with Gasteiger partial charge in [0.2, 0.25) is 10.0 Å². The van der Waals surface area contributed by atoms with Gasteiger partial charge in [-0.1, -0.05) is 12.1 Å². The summed E-state index contributed by atoms with van der Waals surface area (Å²) in [4.78, 5) is 26.1. The zero-order valence-corrected chi connectivity index (χ0v) is 20.6. The molecule has 1 aliphatic rings. The highest BCUT2D eigenvalue weighted by molar-refractivity contribution is 7.89. The van der Waals surface area contributed by atoms with E-state index in [4.69, 9.17) is 4.74 Å². The third-order valence-corrected chi connectivity index (χ3v) is 8.02. The highest BCUT2D eigenvalue weighted by Gasteiger charge is 2.28. The van der Waals surface area contributed by atoms with Crippen LogP contribution < -0.4 is 10.3 Å². The first-order chi connectivity index (χ1) is 16.8. The number of benzene rings is 2. The van der Waals surface area contributed by atoms with Crippen LogP contribution in [0.15, 0.2) is 70.4 Å². The minimum absolute atomic E-state index is 0.106.